The predicted molar refractivity (Wildman–Crippen MR) is 106 cm³/mol. The van der Waals surface area contributed by atoms with Crippen molar-refractivity contribution in [2.24, 2.45) is 0 Å². The van der Waals surface area contributed by atoms with Gasteiger partial charge in [-0.2, -0.15) is 0 Å². The van der Waals surface area contributed by atoms with Crippen LogP contribution in [0.3, 0.4) is 0 Å². The molecule has 2 aromatic rings. The average molecular weight is 367 g/mol. The number of methoxy groups -OCH3 is 1. The van der Waals surface area contributed by atoms with Gasteiger partial charge in [-0.25, -0.2) is 0 Å². The molecule has 0 atom stereocenters. The molecule has 0 unspecified atom stereocenters. The van der Waals surface area contributed by atoms with E-state index in [1.807, 2.05) is 48.5 Å². The van der Waals surface area contributed by atoms with Gasteiger partial charge in [0.25, 0.3) is 0 Å². The third-order valence-electron chi connectivity index (χ3n) is 4.27. The predicted octanol–water partition coefficient (Wildman–Crippen LogP) is 4.09. The highest BCUT2D eigenvalue weighted by Gasteiger charge is 1.99. The van der Waals surface area contributed by atoms with E-state index >= 15 is 0 Å². The summed E-state index contributed by atoms with van der Waals surface area (Å²) >= 11 is 0. The number of hydrogen-bond donors (Lipinski definition) is 0. The highest BCUT2D eigenvalue weighted by Crippen LogP contribution is 2.23. The maximum absolute atomic E-state index is 10.4. The molecule has 0 bridgehead atoms. The number of benzene rings is 2. The molecular weight excluding hydrogens is 340 g/mol. The number of aliphatic carboxylic acids is 1. The molecule has 0 N–H and O–H groups in total. The van der Waals surface area contributed by atoms with Gasteiger partial charge < -0.3 is 19.4 Å². The van der Waals surface area contributed by atoms with E-state index in [1.54, 1.807) is 7.11 Å². The average Bonchev–Trinajstić information content (AvgIpc) is 2.69. The Labute approximate surface area is 161 Å². The van der Waals surface area contributed by atoms with Crippen LogP contribution in [0.25, 0.3) is 17.2 Å². The molecule has 0 aliphatic rings. The minimum atomic E-state index is -1.19. The smallest absolute Gasteiger partial charge is 0.119 e. The van der Waals surface area contributed by atoms with Crippen molar-refractivity contribution < 1.29 is 19.4 Å². The lowest BCUT2D eigenvalue weighted by Gasteiger charge is -2.08. The van der Waals surface area contributed by atoms with Crippen LogP contribution in [0.2, 0.25) is 0 Å². The van der Waals surface area contributed by atoms with Gasteiger partial charge in [0.05, 0.1) is 12.6 Å². The topological polar surface area (TPSA) is 58.6 Å². The van der Waals surface area contributed by atoms with Crippen LogP contribution in [0.1, 0.15) is 37.7 Å². The summed E-state index contributed by atoms with van der Waals surface area (Å²) in [6.45, 7) is 1.59. The molecule has 2 aromatic carbocycles. The lowest BCUT2D eigenvalue weighted by atomic mass is 10.0. The Morgan fingerprint density at radius 1 is 0.852 bits per heavy atom. The third-order valence-corrected chi connectivity index (χ3v) is 4.27. The Kier molecular flexibility index (Phi) is 9.14. The molecule has 0 aromatic heterocycles. The molecular formula is C23H27O4-. The summed E-state index contributed by atoms with van der Waals surface area (Å²) in [6, 6.07) is 15.7. The van der Waals surface area contributed by atoms with Gasteiger partial charge >= 0.3 is 0 Å². The summed E-state index contributed by atoms with van der Waals surface area (Å²) in [5.41, 5.74) is 2.99. The Hall–Kier alpha value is -2.59. The summed E-state index contributed by atoms with van der Waals surface area (Å²) in [5, 5.41) is 10.4. The molecule has 27 heavy (non-hydrogen) atoms. The van der Waals surface area contributed by atoms with Crippen molar-refractivity contribution in [1.82, 2.24) is 0 Å². The van der Waals surface area contributed by atoms with Crippen molar-refractivity contribution >= 4 is 12.0 Å². The quantitative estimate of drug-likeness (QED) is 0.419. The first-order valence-corrected chi connectivity index (χ1v) is 9.40. The fourth-order valence-electron chi connectivity index (χ4n) is 2.76. The van der Waals surface area contributed by atoms with Gasteiger partial charge in [0.2, 0.25) is 0 Å². The maximum Gasteiger partial charge on any atom is 0.119 e. The first kappa shape index (κ1) is 20.7. The first-order chi connectivity index (χ1) is 13.2. The number of ether oxygens (including phenoxy) is 2. The number of carbonyl (C=O) groups is 1. The number of hydrogen-bond acceptors (Lipinski definition) is 4. The lowest BCUT2D eigenvalue weighted by Crippen LogP contribution is -2.18. The summed E-state index contributed by atoms with van der Waals surface area (Å²) in [4.78, 5) is 10.4. The standard InChI is InChI=1S/C23H28O4/c1-26-17-5-3-2-4-6-18-27-22-14-12-21(13-15-22)20-10-7-19(8-11-20)9-16-23(24)25/h7-16H,2-6,17-18H2,1H3,(H,24,25)/p-1/b16-9+. The van der Waals surface area contributed by atoms with Crippen molar-refractivity contribution in [3.05, 3.63) is 60.2 Å². The Morgan fingerprint density at radius 2 is 1.41 bits per heavy atom. The zero-order valence-corrected chi connectivity index (χ0v) is 15.9. The van der Waals surface area contributed by atoms with E-state index in [-0.39, 0.29) is 0 Å². The van der Waals surface area contributed by atoms with Gasteiger partial charge in [-0.1, -0.05) is 61.7 Å². The fourth-order valence-corrected chi connectivity index (χ4v) is 2.76. The van der Waals surface area contributed by atoms with E-state index in [2.05, 4.69) is 0 Å². The normalized spacial score (nSPS) is 11.0. The summed E-state index contributed by atoms with van der Waals surface area (Å²) < 4.78 is 10.8. The minimum absolute atomic E-state index is 0.739. The van der Waals surface area contributed by atoms with E-state index < -0.39 is 5.97 Å². The van der Waals surface area contributed by atoms with Crippen LogP contribution in [0.15, 0.2) is 54.6 Å². The number of unbranched alkanes of at least 4 members (excludes halogenated alkanes) is 4. The Morgan fingerprint density at radius 3 is 2.00 bits per heavy atom. The molecule has 144 valence electrons. The lowest BCUT2D eigenvalue weighted by molar-refractivity contribution is -0.297. The van der Waals surface area contributed by atoms with Crippen molar-refractivity contribution in [3.63, 3.8) is 0 Å². The van der Waals surface area contributed by atoms with Crippen LogP contribution in [0, 0.1) is 0 Å². The Bertz CT molecular complexity index is 702. The van der Waals surface area contributed by atoms with E-state index in [9.17, 15) is 9.90 Å². The van der Waals surface area contributed by atoms with Crippen molar-refractivity contribution in [2.75, 3.05) is 20.3 Å². The van der Waals surface area contributed by atoms with Crippen LogP contribution >= 0.6 is 0 Å². The fraction of sp³-hybridized carbons (Fsp3) is 0.348. The molecule has 0 saturated carbocycles. The minimum Gasteiger partial charge on any atom is -0.545 e. The van der Waals surface area contributed by atoms with Gasteiger partial charge in [0, 0.05) is 13.7 Å². The molecule has 0 fully saturated rings. The SMILES string of the molecule is COCCCCCCCOc1ccc(-c2ccc(/C=C/C(=O)[O-])cc2)cc1. The molecule has 0 heterocycles. The molecule has 0 aliphatic carbocycles. The molecule has 4 nitrogen and oxygen atoms in total. The monoisotopic (exact) mass is 367 g/mol. The first-order valence-electron chi connectivity index (χ1n) is 9.40. The van der Waals surface area contributed by atoms with Crippen molar-refractivity contribution in [2.45, 2.75) is 32.1 Å². The molecule has 0 aliphatic heterocycles. The van der Waals surface area contributed by atoms with Crippen LogP contribution in [-0.2, 0) is 9.53 Å². The highest BCUT2D eigenvalue weighted by molar-refractivity contribution is 5.83. The van der Waals surface area contributed by atoms with E-state index in [1.165, 1.54) is 25.3 Å². The van der Waals surface area contributed by atoms with Gasteiger partial charge in [0.15, 0.2) is 0 Å². The third kappa shape index (κ3) is 8.09. The second-order valence-electron chi connectivity index (χ2n) is 6.41. The zero-order chi connectivity index (χ0) is 19.3. The number of carboxylic acid groups (broad SMARTS) is 1. The van der Waals surface area contributed by atoms with Crippen LogP contribution in [0.5, 0.6) is 5.75 Å². The second-order valence-corrected chi connectivity index (χ2v) is 6.41. The molecule has 0 saturated heterocycles. The number of rotatable bonds is 12. The Balaban J connectivity index is 1.75. The molecule has 2 rings (SSSR count). The summed E-state index contributed by atoms with van der Waals surface area (Å²) in [6.07, 6.45) is 8.36. The van der Waals surface area contributed by atoms with Crippen molar-refractivity contribution in [3.8, 4) is 16.9 Å². The van der Waals surface area contributed by atoms with Gasteiger partial charge in [-0.05, 0) is 47.7 Å². The van der Waals surface area contributed by atoms with Gasteiger partial charge in [0.1, 0.15) is 5.75 Å². The maximum atomic E-state index is 10.4. The second kappa shape index (κ2) is 11.9. The van der Waals surface area contributed by atoms with Crippen LogP contribution < -0.4 is 9.84 Å². The number of carbonyl (C=O) groups excluding carboxylic acids is 1. The molecule has 0 radical (unpaired) electrons. The highest BCUT2D eigenvalue weighted by atomic mass is 16.5. The molecule has 4 heteroatoms. The van der Waals surface area contributed by atoms with E-state index in [0.717, 1.165) is 54.6 Å². The van der Waals surface area contributed by atoms with Crippen LogP contribution in [0.4, 0.5) is 0 Å². The molecule has 0 spiro atoms. The van der Waals surface area contributed by atoms with E-state index in [0.29, 0.717) is 0 Å². The summed E-state index contributed by atoms with van der Waals surface area (Å²) in [5.74, 6) is -0.313. The van der Waals surface area contributed by atoms with Crippen LogP contribution in [-0.4, -0.2) is 26.3 Å². The molecule has 0 amide bonds. The van der Waals surface area contributed by atoms with Gasteiger partial charge in [-0.3, -0.25) is 0 Å². The largest absolute Gasteiger partial charge is 0.545 e. The number of carboxylic acids is 1. The van der Waals surface area contributed by atoms with Crippen molar-refractivity contribution in [1.29, 1.82) is 0 Å². The zero-order valence-electron chi connectivity index (χ0n) is 15.9. The summed E-state index contributed by atoms with van der Waals surface area (Å²) in [7, 11) is 1.74. The van der Waals surface area contributed by atoms with Gasteiger partial charge in [-0.15, -0.1) is 0 Å². The van der Waals surface area contributed by atoms with E-state index in [4.69, 9.17) is 9.47 Å².